The van der Waals surface area contributed by atoms with Crippen molar-refractivity contribution in [1.29, 1.82) is 0 Å². The SMILES string of the molecule is Cc1cc(F)c(COc2nsc(NC(=O)NCCCCCC(O)CN3CCOCC3)c2C(=O)O)cc1F. The molecule has 0 spiro atoms. The number of rotatable bonds is 13. The van der Waals surface area contributed by atoms with Gasteiger partial charge in [-0.25, -0.2) is 18.4 Å². The topological polar surface area (TPSA) is 133 Å². The lowest BCUT2D eigenvalue weighted by atomic mass is 10.1. The first kappa shape index (κ1) is 28.7. The number of hydrogen-bond acceptors (Lipinski definition) is 8. The van der Waals surface area contributed by atoms with Gasteiger partial charge in [0.15, 0.2) is 5.56 Å². The average Bonchev–Trinajstić information content (AvgIpc) is 3.25. The molecule has 1 saturated heterocycles. The summed E-state index contributed by atoms with van der Waals surface area (Å²) in [5.74, 6) is -2.98. The second-order valence-electron chi connectivity index (χ2n) is 8.78. The molecule has 204 valence electrons. The van der Waals surface area contributed by atoms with E-state index in [1.165, 1.54) is 6.92 Å². The number of benzene rings is 1. The molecule has 1 unspecified atom stereocenters. The number of carboxylic acid groups (broad SMARTS) is 1. The quantitative estimate of drug-likeness (QED) is 0.283. The number of aromatic nitrogens is 1. The van der Waals surface area contributed by atoms with Crippen LogP contribution in [-0.4, -0.2) is 77.0 Å². The fourth-order valence-corrected chi connectivity index (χ4v) is 4.52. The predicted molar refractivity (Wildman–Crippen MR) is 133 cm³/mol. The lowest BCUT2D eigenvalue weighted by molar-refractivity contribution is 0.0127. The number of aryl methyl sites for hydroxylation is 1. The fourth-order valence-electron chi connectivity index (χ4n) is 3.80. The maximum atomic E-state index is 14.0. The average molecular weight is 543 g/mol. The number of aromatic carboxylic acids is 1. The first-order chi connectivity index (χ1) is 17.7. The number of halogens is 2. The van der Waals surface area contributed by atoms with Gasteiger partial charge < -0.3 is 25.0 Å². The minimum Gasteiger partial charge on any atom is -0.477 e. The number of aliphatic hydroxyl groups excluding tert-OH is 1. The van der Waals surface area contributed by atoms with Gasteiger partial charge in [-0.05, 0) is 49.0 Å². The molecule has 0 radical (unpaired) electrons. The van der Waals surface area contributed by atoms with Crippen molar-refractivity contribution in [2.24, 2.45) is 0 Å². The van der Waals surface area contributed by atoms with Crippen molar-refractivity contribution in [2.45, 2.75) is 45.3 Å². The summed E-state index contributed by atoms with van der Waals surface area (Å²) in [5, 5.41) is 24.8. The van der Waals surface area contributed by atoms with E-state index in [-0.39, 0.29) is 27.6 Å². The largest absolute Gasteiger partial charge is 0.477 e. The van der Waals surface area contributed by atoms with Crippen molar-refractivity contribution in [3.63, 3.8) is 0 Å². The van der Waals surface area contributed by atoms with Gasteiger partial charge in [0, 0.05) is 31.7 Å². The van der Waals surface area contributed by atoms with Crippen LogP contribution in [0.1, 0.15) is 47.2 Å². The Bertz CT molecular complexity index is 1060. The van der Waals surface area contributed by atoms with Gasteiger partial charge in [-0.1, -0.05) is 12.8 Å². The summed E-state index contributed by atoms with van der Waals surface area (Å²) in [7, 11) is 0. The number of carbonyl (C=O) groups excluding carboxylic acids is 1. The van der Waals surface area contributed by atoms with Crippen LogP contribution in [-0.2, 0) is 11.3 Å². The van der Waals surface area contributed by atoms with Crippen LogP contribution in [0.5, 0.6) is 5.88 Å². The maximum Gasteiger partial charge on any atom is 0.344 e. The second-order valence-corrected chi connectivity index (χ2v) is 9.55. The van der Waals surface area contributed by atoms with Crippen LogP contribution >= 0.6 is 11.5 Å². The summed E-state index contributed by atoms with van der Waals surface area (Å²) in [5.41, 5.74) is -0.323. The Morgan fingerprint density at radius 2 is 1.97 bits per heavy atom. The molecule has 37 heavy (non-hydrogen) atoms. The number of anilines is 1. The zero-order chi connectivity index (χ0) is 26.8. The molecule has 1 fully saturated rings. The van der Waals surface area contributed by atoms with Crippen molar-refractivity contribution in [1.82, 2.24) is 14.6 Å². The Hall–Kier alpha value is -2.87. The van der Waals surface area contributed by atoms with E-state index >= 15 is 0 Å². The highest BCUT2D eigenvalue weighted by Crippen LogP contribution is 2.31. The van der Waals surface area contributed by atoms with Crippen LogP contribution in [0.4, 0.5) is 18.6 Å². The minimum atomic E-state index is -1.38. The number of nitrogens with zero attached hydrogens (tertiary/aromatic N) is 2. The summed E-state index contributed by atoms with van der Waals surface area (Å²) < 4.78 is 42.3. The third kappa shape index (κ3) is 8.88. The highest BCUT2D eigenvalue weighted by atomic mass is 32.1. The van der Waals surface area contributed by atoms with E-state index in [4.69, 9.17) is 9.47 Å². The Morgan fingerprint density at radius 3 is 2.70 bits per heavy atom. The third-order valence-corrected chi connectivity index (χ3v) is 6.61. The van der Waals surface area contributed by atoms with Gasteiger partial charge in [-0.3, -0.25) is 10.2 Å². The number of unbranched alkanes of at least 4 members (excludes halogenated alkanes) is 2. The zero-order valence-electron chi connectivity index (χ0n) is 20.6. The van der Waals surface area contributed by atoms with Crippen LogP contribution in [0.25, 0.3) is 0 Å². The highest BCUT2D eigenvalue weighted by molar-refractivity contribution is 7.11. The van der Waals surface area contributed by atoms with Crippen LogP contribution in [0.2, 0.25) is 0 Å². The van der Waals surface area contributed by atoms with Crippen LogP contribution in [0, 0.1) is 18.6 Å². The first-order valence-electron chi connectivity index (χ1n) is 12.1. The van der Waals surface area contributed by atoms with E-state index in [0.29, 0.717) is 50.7 Å². The summed E-state index contributed by atoms with van der Waals surface area (Å²) >= 11 is 0.707. The van der Waals surface area contributed by atoms with Crippen molar-refractivity contribution in [3.05, 3.63) is 40.5 Å². The Labute approximate surface area is 217 Å². The molecule has 3 rings (SSSR count). The molecule has 2 heterocycles. The third-order valence-electron chi connectivity index (χ3n) is 5.87. The number of nitrogens with one attached hydrogen (secondary N) is 2. The summed E-state index contributed by atoms with van der Waals surface area (Å²) in [4.78, 5) is 26.1. The Balaban J connectivity index is 1.39. The molecule has 1 aromatic heterocycles. The monoisotopic (exact) mass is 542 g/mol. The molecule has 0 aliphatic carbocycles. The number of carbonyl (C=O) groups is 2. The van der Waals surface area contributed by atoms with Crippen molar-refractivity contribution >= 4 is 28.5 Å². The normalized spacial score (nSPS) is 14.8. The number of β-amino-alcohol motifs (C(OH)–C–C–N with tert-alkyl or cyclic N) is 1. The maximum absolute atomic E-state index is 14.0. The molecule has 1 aliphatic rings. The van der Waals surface area contributed by atoms with E-state index in [2.05, 4.69) is 19.9 Å². The van der Waals surface area contributed by atoms with Gasteiger partial charge in [0.1, 0.15) is 23.2 Å². The van der Waals surface area contributed by atoms with Gasteiger partial charge in [0.2, 0.25) is 5.88 Å². The zero-order valence-corrected chi connectivity index (χ0v) is 21.4. The van der Waals surface area contributed by atoms with Gasteiger partial charge >= 0.3 is 12.0 Å². The lowest BCUT2D eigenvalue weighted by Crippen LogP contribution is -2.40. The lowest BCUT2D eigenvalue weighted by Gasteiger charge is -2.28. The molecule has 13 heteroatoms. The predicted octanol–water partition coefficient (Wildman–Crippen LogP) is 3.38. The number of hydrogen-bond donors (Lipinski definition) is 4. The molecular formula is C24H32F2N4O6S. The van der Waals surface area contributed by atoms with Crippen LogP contribution in [0.15, 0.2) is 12.1 Å². The number of carboxylic acids is 1. The second kappa shape index (κ2) is 14.2. The first-order valence-corrected chi connectivity index (χ1v) is 12.8. The number of amides is 2. The summed E-state index contributed by atoms with van der Waals surface area (Å²) in [6, 6.07) is 1.41. The molecule has 10 nitrogen and oxygen atoms in total. The fraction of sp³-hybridized carbons (Fsp3) is 0.542. The molecule has 1 aliphatic heterocycles. The number of aliphatic hydroxyl groups is 1. The Morgan fingerprint density at radius 1 is 1.22 bits per heavy atom. The molecule has 2 amide bonds. The van der Waals surface area contributed by atoms with Gasteiger partial charge in [0.25, 0.3) is 0 Å². The molecule has 0 saturated carbocycles. The van der Waals surface area contributed by atoms with E-state index in [1.54, 1.807) is 0 Å². The van der Waals surface area contributed by atoms with Gasteiger partial charge in [0.05, 0.1) is 19.3 Å². The van der Waals surface area contributed by atoms with Crippen molar-refractivity contribution in [2.75, 3.05) is 44.7 Å². The minimum absolute atomic E-state index is 0.0400. The standard InChI is InChI=1S/C24H32F2N4O6S/c1-15-11-19(26)16(12-18(15)25)14-36-21-20(23(32)33)22(37-29-21)28-24(34)27-6-4-2-3-5-17(31)13-30-7-9-35-10-8-30/h11-12,17,31H,2-10,13-14H2,1H3,(H,32,33)(H2,27,28,34). The smallest absolute Gasteiger partial charge is 0.344 e. The molecular weight excluding hydrogens is 510 g/mol. The molecule has 4 N–H and O–H groups in total. The van der Waals surface area contributed by atoms with Crippen LogP contribution < -0.4 is 15.4 Å². The van der Waals surface area contributed by atoms with E-state index in [0.717, 1.165) is 38.1 Å². The van der Waals surface area contributed by atoms with E-state index in [9.17, 15) is 28.6 Å². The summed E-state index contributed by atoms with van der Waals surface area (Å²) in [6.07, 6.45) is 2.61. The van der Waals surface area contributed by atoms with Gasteiger partial charge in [-0.2, -0.15) is 4.37 Å². The van der Waals surface area contributed by atoms with Crippen molar-refractivity contribution < 1.29 is 38.1 Å². The molecule has 1 atom stereocenters. The number of morpholine rings is 1. The van der Waals surface area contributed by atoms with Gasteiger partial charge in [-0.15, -0.1) is 0 Å². The Kier molecular flexibility index (Phi) is 11.0. The van der Waals surface area contributed by atoms with E-state index < -0.39 is 36.3 Å². The number of urea groups is 1. The molecule has 1 aromatic carbocycles. The molecule has 2 aromatic rings. The van der Waals surface area contributed by atoms with E-state index in [1.807, 2.05) is 0 Å². The molecule has 0 bridgehead atoms. The number of ether oxygens (including phenoxy) is 2. The summed E-state index contributed by atoms with van der Waals surface area (Å²) in [6.45, 7) is 5.04. The van der Waals surface area contributed by atoms with Crippen molar-refractivity contribution in [3.8, 4) is 5.88 Å². The van der Waals surface area contributed by atoms with Crippen LogP contribution in [0.3, 0.4) is 0 Å². The highest BCUT2D eigenvalue weighted by Gasteiger charge is 2.24.